The lowest BCUT2D eigenvalue weighted by Gasteiger charge is -2.57. The Bertz CT molecular complexity index is 902. The van der Waals surface area contributed by atoms with Crippen molar-refractivity contribution >= 4 is 0 Å². The van der Waals surface area contributed by atoms with Crippen LogP contribution in [0.2, 0.25) is 0 Å². The second kappa shape index (κ2) is 4.42. The van der Waals surface area contributed by atoms with Crippen LogP contribution >= 0.6 is 0 Å². The fourth-order valence-corrected chi connectivity index (χ4v) is 6.38. The molecule has 1 fully saturated rings. The zero-order valence-corrected chi connectivity index (χ0v) is 15.1. The molecular formula is C21H24N2O2. The maximum Gasteiger partial charge on any atom is 0.166 e. The van der Waals surface area contributed by atoms with Gasteiger partial charge < -0.3 is 19.4 Å². The van der Waals surface area contributed by atoms with Crippen molar-refractivity contribution < 1.29 is 9.47 Å². The van der Waals surface area contributed by atoms with Crippen molar-refractivity contribution in [2.45, 2.75) is 43.7 Å². The maximum atomic E-state index is 6.70. The smallest absolute Gasteiger partial charge is 0.166 e. The largest absolute Gasteiger partial charge is 0.493 e. The van der Waals surface area contributed by atoms with Crippen molar-refractivity contribution in [3.8, 4) is 11.5 Å². The van der Waals surface area contributed by atoms with E-state index in [-0.39, 0.29) is 11.5 Å². The molecule has 0 radical (unpaired) electrons. The second-order valence-corrected chi connectivity index (χ2v) is 8.37. The van der Waals surface area contributed by atoms with Crippen LogP contribution in [0.4, 0.5) is 0 Å². The first-order valence-corrected chi connectivity index (χ1v) is 9.39. The highest BCUT2D eigenvalue weighted by atomic mass is 16.5. The van der Waals surface area contributed by atoms with E-state index in [1.165, 1.54) is 34.5 Å². The Labute approximate surface area is 148 Å². The van der Waals surface area contributed by atoms with Gasteiger partial charge >= 0.3 is 0 Å². The number of hydrogen-bond donors (Lipinski definition) is 1. The molecule has 2 aliphatic heterocycles. The van der Waals surface area contributed by atoms with Crippen LogP contribution in [0.5, 0.6) is 11.5 Å². The molecule has 4 nitrogen and oxygen atoms in total. The highest BCUT2D eigenvalue weighted by molar-refractivity contribution is 5.62. The third-order valence-electron chi connectivity index (χ3n) is 7.37. The van der Waals surface area contributed by atoms with Crippen LogP contribution in [-0.2, 0) is 18.3 Å². The predicted molar refractivity (Wildman–Crippen MR) is 95.5 cm³/mol. The molecule has 1 aromatic heterocycles. The number of likely N-dealkylation sites (N-methyl/N-ethyl adjacent to an activating group) is 1. The summed E-state index contributed by atoms with van der Waals surface area (Å²) in [6.45, 7) is 3.30. The summed E-state index contributed by atoms with van der Waals surface area (Å²) in [6.07, 6.45) is 3.56. The number of H-pyrrole nitrogens is 1. The number of piperidine rings is 1. The summed E-state index contributed by atoms with van der Waals surface area (Å²) in [6, 6.07) is 7.31. The molecule has 0 saturated carbocycles. The van der Waals surface area contributed by atoms with E-state index >= 15 is 0 Å². The number of aromatic nitrogens is 1. The van der Waals surface area contributed by atoms with Gasteiger partial charge in [0.25, 0.3) is 0 Å². The molecule has 2 bridgehead atoms. The molecule has 2 aromatic rings. The van der Waals surface area contributed by atoms with E-state index in [0.29, 0.717) is 12.0 Å². The molecular weight excluding hydrogens is 312 g/mol. The van der Waals surface area contributed by atoms with Gasteiger partial charge in [-0.2, -0.15) is 0 Å². The van der Waals surface area contributed by atoms with Crippen LogP contribution in [0.25, 0.3) is 0 Å². The fraction of sp³-hybridized carbons (Fsp3) is 0.524. The zero-order chi connectivity index (χ0) is 16.9. The summed E-state index contributed by atoms with van der Waals surface area (Å²) in [5.41, 5.74) is 7.05. The lowest BCUT2D eigenvalue weighted by atomic mass is 9.52. The first kappa shape index (κ1) is 14.3. The molecule has 4 atom stereocenters. The van der Waals surface area contributed by atoms with E-state index < -0.39 is 0 Å². The number of aryl methyl sites for hydroxylation is 1. The van der Waals surface area contributed by atoms with E-state index in [9.17, 15) is 0 Å². The Hall–Kier alpha value is -1.94. The quantitative estimate of drug-likeness (QED) is 0.869. The van der Waals surface area contributed by atoms with Gasteiger partial charge in [0.2, 0.25) is 0 Å². The second-order valence-electron chi connectivity index (χ2n) is 8.37. The topological polar surface area (TPSA) is 37.5 Å². The Morgan fingerprint density at radius 2 is 2.16 bits per heavy atom. The van der Waals surface area contributed by atoms with Crippen LogP contribution in [-0.4, -0.2) is 36.6 Å². The zero-order valence-electron chi connectivity index (χ0n) is 15.1. The van der Waals surface area contributed by atoms with Gasteiger partial charge in [-0.05, 0) is 69.0 Å². The standard InChI is InChI=1S/C21H24N2O2/c1-11-8-13-9-14-15-10-12-4-5-16(24-3)19-17(12)21(14,6-7-23(15)2)20(25-19)18(13)22-11/h4-5,8,14-15,20,22H,6-7,9-10H2,1-3H3/t14-,15+,20-,21-/m0/s1. The third-order valence-corrected chi connectivity index (χ3v) is 7.37. The summed E-state index contributed by atoms with van der Waals surface area (Å²) >= 11 is 0. The monoisotopic (exact) mass is 336 g/mol. The Kier molecular flexibility index (Phi) is 2.52. The number of benzene rings is 1. The molecule has 4 heteroatoms. The Balaban J connectivity index is 1.68. The van der Waals surface area contributed by atoms with Crippen LogP contribution in [0.1, 0.15) is 40.6 Å². The Morgan fingerprint density at radius 1 is 1.28 bits per heavy atom. The van der Waals surface area contributed by atoms with Gasteiger partial charge in [-0.1, -0.05) is 6.07 Å². The maximum absolute atomic E-state index is 6.70. The first-order chi connectivity index (χ1) is 12.1. The van der Waals surface area contributed by atoms with E-state index in [1.54, 1.807) is 7.11 Å². The van der Waals surface area contributed by atoms with Crippen molar-refractivity contribution in [1.82, 2.24) is 9.88 Å². The predicted octanol–water partition coefficient (Wildman–Crippen LogP) is 3.14. The number of nitrogens with one attached hydrogen (secondary N) is 1. The minimum atomic E-state index is 0.108. The number of likely N-dealkylation sites (tertiary alicyclic amines) is 1. The molecule has 4 aliphatic rings. The molecule has 130 valence electrons. The van der Waals surface area contributed by atoms with Gasteiger partial charge in [-0.15, -0.1) is 0 Å². The molecule has 0 amide bonds. The van der Waals surface area contributed by atoms with Crippen molar-refractivity contribution in [1.29, 1.82) is 0 Å². The van der Waals surface area contributed by atoms with Crippen LogP contribution in [0.15, 0.2) is 18.2 Å². The third kappa shape index (κ3) is 1.49. The number of aromatic amines is 1. The SMILES string of the molecule is COc1ccc2c3c1O[C@H]1c4[nH]c(C)cc4C[C@H]4[C@@H](C2)N(C)CC[C@]314. The number of nitrogens with zero attached hydrogens (tertiary/aromatic N) is 1. The molecule has 1 N–H and O–H groups in total. The van der Waals surface area contributed by atoms with E-state index in [0.717, 1.165) is 30.9 Å². The number of rotatable bonds is 1. The van der Waals surface area contributed by atoms with Crippen LogP contribution in [0, 0.1) is 12.8 Å². The van der Waals surface area contributed by atoms with Gasteiger partial charge in [0.1, 0.15) is 6.10 Å². The molecule has 1 saturated heterocycles. The van der Waals surface area contributed by atoms with Crippen molar-refractivity contribution in [3.63, 3.8) is 0 Å². The number of hydrogen-bond acceptors (Lipinski definition) is 3. The van der Waals surface area contributed by atoms with E-state index in [2.05, 4.69) is 42.1 Å². The fourth-order valence-electron chi connectivity index (χ4n) is 6.38. The minimum Gasteiger partial charge on any atom is -0.493 e. The molecule has 6 rings (SSSR count). The highest BCUT2D eigenvalue weighted by Gasteiger charge is 2.64. The molecule has 1 aromatic carbocycles. The minimum absolute atomic E-state index is 0.108. The van der Waals surface area contributed by atoms with E-state index in [4.69, 9.17) is 9.47 Å². The van der Waals surface area contributed by atoms with E-state index in [1.807, 2.05) is 0 Å². The Morgan fingerprint density at radius 3 is 3.00 bits per heavy atom. The molecule has 1 spiro atoms. The molecule has 2 aliphatic carbocycles. The van der Waals surface area contributed by atoms with Gasteiger partial charge in [0.05, 0.1) is 12.8 Å². The number of methoxy groups -OCH3 is 1. The van der Waals surface area contributed by atoms with Crippen LogP contribution < -0.4 is 9.47 Å². The van der Waals surface area contributed by atoms with Crippen LogP contribution in [0.3, 0.4) is 0 Å². The summed E-state index contributed by atoms with van der Waals surface area (Å²) in [5, 5.41) is 0. The molecule has 3 heterocycles. The number of ether oxygens (including phenoxy) is 2. The van der Waals surface area contributed by atoms with Crippen molar-refractivity contribution in [2.75, 3.05) is 20.7 Å². The number of fused-ring (bicyclic) bond motifs is 2. The van der Waals surface area contributed by atoms with Gasteiger partial charge in [0, 0.05) is 22.7 Å². The van der Waals surface area contributed by atoms with Crippen molar-refractivity contribution in [3.05, 3.63) is 46.3 Å². The lowest BCUT2D eigenvalue weighted by molar-refractivity contribution is -0.0255. The van der Waals surface area contributed by atoms with Crippen molar-refractivity contribution in [2.24, 2.45) is 5.92 Å². The molecule has 0 unspecified atom stereocenters. The average Bonchev–Trinajstić information content (AvgIpc) is 3.13. The summed E-state index contributed by atoms with van der Waals surface area (Å²) in [7, 11) is 4.05. The highest BCUT2D eigenvalue weighted by Crippen LogP contribution is 2.67. The average molecular weight is 336 g/mol. The van der Waals surface area contributed by atoms with Gasteiger partial charge in [0.15, 0.2) is 11.5 Å². The summed E-state index contributed by atoms with van der Waals surface area (Å²) in [4.78, 5) is 6.22. The normalized spacial score (nSPS) is 34.3. The molecule has 25 heavy (non-hydrogen) atoms. The summed E-state index contributed by atoms with van der Waals surface area (Å²) < 4.78 is 12.4. The summed E-state index contributed by atoms with van der Waals surface area (Å²) in [5.74, 6) is 2.53. The first-order valence-electron chi connectivity index (χ1n) is 9.39. The van der Waals surface area contributed by atoms with Gasteiger partial charge in [-0.25, -0.2) is 0 Å². The lowest BCUT2D eigenvalue weighted by Crippen LogP contribution is -2.62. The van der Waals surface area contributed by atoms with Gasteiger partial charge in [-0.3, -0.25) is 0 Å².